The molecule has 1 fully saturated rings. The van der Waals surface area contributed by atoms with Crippen LogP contribution in [0.15, 0.2) is 65.6 Å². The van der Waals surface area contributed by atoms with Crippen molar-refractivity contribution in [1.82, 2.24) is 4.31 Å². The van der Waals surface area contributed by atoms with E-state index in [4.69, 9.17) is 32.7 Å². The molecule has 0 bridgehead atoms. The van der Waals surface area contributed by atoms with Gasteiger partial charge in [0, 0.05) is 11.6 Å². The Morgan fingerprint density at radius 3 is 2.44 bits per heavy atom. The van der Waals surface area contributed by atoms with Crippen molar-refractivity contribution in [2.24, 2.45) is 0 Å². The number of anilines is 1. The van der Waals surface area contributed by atoms with Crippen molar-refractivity contribution in [3.63, 3.8) is 0 Å². The maximum Gasteiger partial charge on any atom is 0.252 e. The Morgan fingerprint density at radius 2 is 1.69 bits per heavy atom. The monoisotopic (exact) mass is 546 g/mol. The number of carbonyl (C=O) groups excluding carboxylic acids is 2. The summed E-state index contributed by atoms with van der Waals surface area (Å²) in [7, 11) is -4.37. The predicted molar refractivity (Wildman–Crippen MR) is 134 cm³/mol. The summed E-state index contributed by atoms with van der Waals surface area (Å²) in [6, 6.07) is 14.6. The molecule has 11 heteroatoms. The molecule has 186 valence electrons. The summed E-state index contributed by atoms with van der Waals surface area (Å²) in [5.74, 6) is -0.160. The molecule has 0 aliphatic carbocycles. The van der Waals surface area contributed by atoms with Crippen LogP contribution in [-0.4, -0.2) is 37.4 Å². The minimum Gasteiger partial charge on any atom is -0.454 e. The Labute approximate surface area is 218 Å². The Kier molecular flexibility index (Phi) is 6.42. The van der Waals surface area contributed by atoms with Gasteiger partial charge < -0.3 is 9.47 Å². The predicted octanol–water partition coefficient (Wildman–Crippen LogP) is 4.55. The number of carbonyl (C=O) groups is 2. The molecule has 8 nitrogen and oxygen atoms in total. The van der Waals surface area contributed by atoms with Gasteiger partial charge in [0.1, 0.15) is 10.9 Å². The molecule has 2 heterocycles. The van der Waals surface area contributed by atoms with E-state index in [0.29, 0.717) is 22.7 Å². The van der Waals surface area contributed by atoms with Crippen LogP contribution in [-0.2, 0) is 26.2 Å². The van der Waals surface area contributed by atoms with Gasteiger partial charge in [-0.1, -0.05) is 47.0 Å². The first kappa shape index (κ1) is 24.6. The van der Waals surface area contributed by atoms with E-state index >= 15 is 0 Å². The van der Waals surface area contributed by atoms with Crippen LogP contribution in [0, 0.1) is 6.92 Å². The van der Waals surface area contributed by atoms with Gasteiger partial charge in [-0.05, 0) is 55.0 Å². The van der Waals surface area contributed by atoms with Gasteiger partial charge in [0.05, 0.1) is 17.1 Å². The summed E-state index contributed by atoms with van der Waals surface area (Å²) < 4.78 is 39.6. The average molecular weight is 547 g/mol. The van der Waals surface area contributed by atoms with E-state index in [1.54, 1.807) is 42.5 Å². The summed E-state index contributed by atoms with van der Waals surface area (Å²) >= 11 is 12.3. The Bertz CT molecular complexity index is 1480. The SMILES string of the molecule is Cc1ccc(N2C(=O)CC(N(Cc3ccc4c(c3)OCO4)S(=O)(=O)c3cc(Cl)ccc3Cl)C2=O)cc1. The van der Waals surface area contributed by atoms with Gasteiger partial charge in [0.15, 0.2) is 11.5 Å². The van der Waals surface area contributed by atoms with E-state index in [-0.39, 0.29) is 34.7 Å². The fourth-order valence-corrected chi connectivity index (χ4v) is 6.50. The summed E-state index contributed by atoms with van der Waals surface area (Å²) in [5.41, 5.74) is 1.87. The number of aryl methyl sites for hydroxylation is 1. The largest absolute Gasteiger partial charge is 0.454 e. The topological polar surface area (TPSA) is 93.2 Å². The number of sulfonamides is 1. The molecular formula is C25H20Cl2N2O6S. The minimum atomic E-state index is -4.37. The number of rotatable bonds is 6. The fraction of sp³-hybridized carbons (Fsp3) is 0.200. The number of fused-ring (bicyclic) bond motifs is 1. The standard InChI is InChI=1S/C25H20Cl2N2O6S/c1-15-2-6-18(7-3-15)29-24(30)12-20(25(29)31)28(13-16-4-9-21-22(10-16)35-14-34-21)36(32,33)23-11-17(26)5-8-19(23)27/h2-11,20H,12-14H2,1H3. The number of benzene rings is 3. The van der Waals surface area contributed by atoms with Gasteiger partial charge >= 0.3 is 0 Å². The van der Waals surface area contributed by atoms with Crippen molar-refractivity contribution in [2.75, 3.05) is 11.7 Å². The highest BCUT2D eigenvalue weighted by Gasteiger charge is 2.47. The lowest BCUT2D eigenvalue weighted by Gasteiger charge is -2.27. The number of hydrogen-bond donors (Lipinski definition) is 0. The smallest absolute Gasteiger partial charge is 0.252 e. The average Bonchev–Trinajstić information content (AvgIpc) is 3.43. The van der Waals surface area contributed by atoms with Crippen molar-refractivity contribution in [1.29, 1.82) is 0 Å². The van der Waals surface area contributed by atoms with E-state index in [9.17, 15) is 18.0 Å². The Hall–Kier alpha value is -3.11. The molecule has 1 unspecified atom stereocenters. The molecular weight excluding hydrogens is 527 g/mol. The third-order valence-corrected chi connectivity index (χ3v) is 8.59. The first-order valence-electron chi connectivity index (χ1n) is 10.9. The molecule has 1 atom stereocenters. The lowest BCUT2D eigenvalue weighted by atomic mass is 10.1. The van der Waals surface area contributed by atoms with Crippen LogP contribution in [0.5, 0.6) is 11.5 Å². The second kappa shape index (κ2) is 9.40. The molecule has 36 heavy (non-hydrogen) atoms. The molecule has 0 spiro atoms. The summed E-state index contributed by atoms with van der Waals surface area (Å²) in [6.45, 7) is 1.72. The van der Waals surface area contributed by atoms with E-state index < -0.39 is 27.9 Å². The van der Waals surface area contributed by atoms with Crippen LogP contribution in [0.4, 0.5) is 5.69 Å². The minimum absolute atomic E-state index is 0.0535. The second-order valence-corrected chi connectivity index (χ2v) is 11.1. The lowest BCUT2D eigenvalue weighted by molar-refractivity contribution is -0.122. The van der Waals surface area contributed by atoms with Gasteiger partial charge in [0.25, 0.3) is 5.91 Å². The molecule has 2 aliphatic rings. The molecule has 2 amide bonds. The van der Waals surface area contributed by atoms with E-state index in [1.165, 1.54) is 18.2 Å². The van der Waals surface area contributed by atoms with Crippen LogP contribution < -0.4 is 14.4 Å². The number of ether oxygens (including phenoxy) is 2. The van der Waals surface area contributed by atoms with E-state index in [2.05, 4.69) is 0 Å². The zero-order valence-corrected chi connectivity index (χ0v) is 21.3. The van der Waals surface area contributed by atoms with Crippen LogP contribution in [0.3, 0.4) is 0 Å². The van der Waals surface area contributed by atoms with Crippen molar-refractivity contribution >= 4 is 50.7 Å². The van der Waals surface area contributed by atoms with E-state index in [1.807, 2.05) is 6.92 Å². The number of nitrogens with zero attached hydrogens (tertiary/aromatic N) is 2. The molecule has 0 aromatic heterocycles. The van der Waals surface area contributed by atoms with Crippen LogP contribution in [0.2, 0.25) is 10.0 Å². The third-order valence-electron chi connectivity index (χ3n) is 6.02. The quantitative estimate of drug-likeness (QED) is 0.421. The molecule has 3 aromatic rings. The number of halogens is 2. The van der Waals surface area contributed by atoms with Crippen molar-refractivity contribution < 1.29 is 27.5 Å². The first-order valence-corrected chi connectivity index (χ1v) is 13.1. The fourth-order valence-electron chi connectivity index (χ4n) is 4.19. The normalized spacial score (nSPS) is 17.3. The number of amides is 2. The number of hydrogen-bond acceptors (Lipinski definition) is 6. The van der Waals surface area contributed by atoms with Gasteiger partial charge in [-0.15, -0.1) is 0 Å². The lowest BCUT2D eigenvalue weighted by Crippen LogP contribution is -2.45. The highest BCUT2D eigenvalue weighted by molar-refractivity contribution is 7.89. The molecule has 0 radical (unpaired) electrons. The van der Waals surface area contributed by atoms with Gasteiger partial charge in [-0.2, -0.15) is 4.31 Å². The molecule has 5 rings (SSSR count). The maximum absolute atomic E-state index is 13.9. The van der Waals surface area contributed by atoms with Crippen molar-refractivity contribution in [2.45, 2.75) is 30.8 Å². The maximum atomic E-state index is 13.9. The second-order valence-electron chi connectivity index (χ2n) is 8.44. The Balaban J connectivity index is 1.57. The van der Waals surface area contributed by atoms with Crippen molar-refractivity contribution in [3.8, 4) is 11.5 Å². The zero-order valence-electron chi connectivity index (χ0n) is 19.0. The summed E-state index contributed by atoms with van der Waals surface area (Å²) in [4.78, 5) is 27.3. The highest BCUT2D eigenvalue weighted by atomic mass is 35.5. The van der Waals surface area contributed by atoms with Gasteiger partial charge in [-0.3, -0.25) is 9.59 Å². The zero-order chi connectivity index (χ0) is 25.6. The molecule has 3 aromatic carbocycles. The molecule has 0 N–H and O–H groups in total. The third kappa shape index (κ3) is 4.43. The summed E-state index contributed by atoms with van der Waals surface area (Å²) in [5, 5.41) is 0.110. The molecule has 0 saturated carbocycles. The van der Waals surface area contributed by atoms with Crippen LogP contribution >= 0.6 is 23.2 Å². The van der Waals surface area contributed by atoms with Crippen LogP contribution in [0.25, 0.3) is 0 Å². The first-order chi connectivity index (χ1) is 17.1. The van der Waals surface area contributed by atoms with E-state index in [0.717, 1.165) is 14.8 Å². The van der Waals surface area contributed by atoms with Crippen molar-refractivity contribution in [3.05, 3.63) is 81.8 Å². The Morgan fingerprint density at radius 1 is 0.972 bits per heavy atom. The number of imide groups is 1. The molecule has 1 saturated heterocycles. The summed E-state index contributed by atoms with van der Waals surface area (Å²) in [6.07, 6.45) is -0.325. The van der Waals surface area contributed by atoms with Crippen LogP contribution in [0.1, 0.15) is 17.5 Å². The van der Waals surface area contributed by atoms with Gasteiger partial charge in [0.2, 0.25) is 22.7 Å². The highest BCUT2D eigenvalue weighted by Crippen LogP contribution is 2.36. The van der Waals surface area contributed by atoms with Gasteiger partial charge in [-0.25, -0.2) is 13.3 Å². The molecule has 2 aliphatic heterocycles.